The second-order valence-electron chi connectivity index (χ2n) is 6.87. The van der Waals surface area contributed by atoms with Gasteiger partial charge < -0.3 is 20.2 Å². The molecule has 0 saturated carbocycles. The number of ether oxygens (including phenoxy) is 1. The molecule has 0 atom stereocenters. The summed E-state index contributed by atoms with van der Waals surface area (Å²) in [5.41, 5.74) is 6.55. The van der Waals surface area contributed by atoms with Gasteiger partial charge in [-0.05, 0) is 54.4 Å². The molecule has 7 heteroatoms. The van der Waals surface area contributed by atoms with E-state index in [-0.39, 0.29) is 12.4 Å². The summed E-state index contributed by atoms with van der Waals surface area (Å²) in [4.78, 5) is 25.2. The van der Waals surface area contributed by atoms with Crippen LogP contribution in [0, 0.1) is 13.8 Å². The average molecular weight is 420 g/mol. The Balaban J connectivity index is 1.44. The summed E-state index contributed by atoms with van der Waals surface area (Å²) < 4.78 is 11.4. The van der Waals surface area contributed by atoms with Crippen LogP contribution in [-0.4, -0.2) is 11.8 Å². The molecule has 6 nitrogen and oxygen atoms in total. The molecule has 4 rings (SSSR count). The number of carbonyl (C=O) groups is 2. The first-order valence-corrected chi connectivity index (χ1v) is 10.2. The molecule has 30 heavy (non-hydrogen) atoms. The van der Waals surface area contributed by atoms with Gasteiger partial charge in [0.25, 0.3) is 11.8 Å². The zero-order valence-corrected chi connectivity index (χ0v) is 17.3. The van der Waals surface area contributed by atoms with Gasteiger partial charge in [0.05, 0.1) is 5.56 Å². The number of nitrogens with two attached hydrogens (primary N) is 1. The SMILES string of the molecule is Cc1sc(NC(=O)c2ccc(COc3ccc4ccccc4c3)o2)c(C(N)=O)c1C. The van der Waals surface area contributed by atoms with Gasteiger partial charge in [-0.2, -0.15) is 0 Å². The first kappa shape index (κ1) is 19.7. The Morgan fingerprint density at radius 1 is 1.07 bits per heavy atom. The van der Waals surface area contributed by atoms with Crippen LogP contribution in [0.5, 0.6) is 5.75 Å². The molecular formula is C23H20N2O4S. The van der Waals surface area contributed by atoms with E-state index in [4.69, 9.17) is 14.9 Å². The van der Waals surface area contributed by atoms with Crippen molar-refractivity contribution in [1.29, 1.82) is 0 Å². The predicted octanol–water partition coefficient (Wildman–Crippen LogP) is 5.04. The lowest BCUT2D eigenvalue weighted by Crippen LogP contribution is -2.17. The summed E-state index contributed by atoms with van der Waals surface area (Å²) in [5, 5.41) is 5.37. The van der Waals surface area contributed by atoms with Crippen LogP contribution in [0.25, 0.3) is 10.8 Å². The minimum Gasteiger partial charge on any atom is -0.486 e. The molecule has 0 aliphatic heterocycles. The molecular weight excluding hydrogens is 400 g/mol. The van der Waals surface area contributed by atoms with Gasteiger partial charge in [-0.1, -0.05) is 30.3 Å². The second kappa shape index (κ2) is 8.04. The topological polar surface area (TPSA) is 94.6 Å². The van der Waals surface area contributed by atoms with Crippen LogP contribution >= 0.6 is 11.3 Å². The van der Waals surface area contributed by atoms with Gasteiger partial charge >= 0.3 is 0 Å². The van der Waals surface area contributed by atoms with E-state index in [0.717, 1.165) is 21.2 Å². The fourth-order valence-electron chi connectivity index (χ4n) is 3.17. The van der Waals surface area contributed by atoms with Crippen molar-refractivity contribution in [2.75, 3.05) is 5.32 Å². The smallest absolute Gasteiger partial charge is 0.291 e. The minimum absolute atomic E-state index is 0.131. The molecule has 2 amide bonds. The van der Waals surface area contributed by atoms with Gasteiger partial charge in [0.2, 0.25) is 0 Å². The van der Waals surface area contributed by atoms with Crippen LogP contribution < -0.4 is 15.8 Å². The highest BCUT2D eigenvalue weighted by atomic mass is 32.1. The van der Waals surface area contributed by atoms with E-state index >= 15 is 0 Å². The van der Waals surface area contributed by atoms with Crippen LogP contribution in [0.3, 0.4) is 0 Å². The Bertz CT molecular complexity index is 1260. The van der Waals surface area contributed by atoms with E-state index < -0.39 is 11.8 Å². The highest BCUT2D eigenvalue weighted by molar-refractivity contribution is 7.16. The second-order valence-corrected chi connectivity index (χ2v) is 8.09. The molecule has 4 aromatic rings. The Labute approximate surface area is 177 Å². The normalized spacial score (nSPS) is 10.9. The van der Waals surface area contributed by atoms with Gasteiger partial charge in [-0.25, -0.2) is 0 Å². The molecule has 2 aromatic carbocycles. The maximum Gasteiger partial charge on any atom is 0.291 e. The van der Waals surface area contributed by atoms with Gasteiger partial charge in [-0.3, -0.25) is 9.59 Å². The van der Waals surface area contributed by atoms with Crippen molar-refractivity contribution in [3.05, 3.63) is 82.1 Å². The quantitative estimate of drug-likeness (QED) is 0.457. The third-order valence-corrected chi connectivity index (χ3v) is 5.97. The van der Waals surface area contributed by atoms with Crippen molar-refractivity contribution >= 4 is 38.9 Å². The number of nitrogens with one attached hydrogen (secondary N) is 1. The molecule has 0 bridgehead atoms. The molecule has 0 fully saturated rings. The predicted molar refractivity (Wildman–Crippen MR) is 117 cm³/mol. The Kier molecular flexibility index (Phi) is 5.29. The average Bonchev–Trinajstić information content (AvgIpc) is 3.31. The lowest BCUT2D eigenvalue weighted by atomic mass is 10.1. The number of hydrogen-bond donors (Lipinski definition) is 2. The highest BCUT2D eigenvalue weighted by Gasteiger charge is 2.21. The summed E-state index contributed by atoms with van der Waals surface area (Å²) >= 11 is 1.31. The maximum atomic E-state index is 12.6. The van der Waals surface area contributed by atoms with Crippen molar-refractivity contribution in [1.82, 2.24) is 0 Å². The van der Waals surface area contributed by atoms with Crippen LogP contribution in [0.1, 0.15) is 37.1 Å². The molecule has 2 aromatic heterocycles. The van der Waals surface area contributed by atoms with Crippen LogP contribution in [0.2, 0.25) is 0 Å². The number of aryl methyl sites for hydroxylation is 1. The van der Waals surface area contributed by atoms with E-state index in [2.05, 4.69) is 5.32 Å². The Morgan fingerprint density at radius 2 is 1.83 bits per heavy atom. The Morgan fingerprint density at radius 3 is 2.60 bits per heavy atom. The van der Waals surface area contributed by atoms with Crippen molar-refractivity contribution in [2.24, 2.45) is 5.73 Å². The third-order valence-electron chi connectivity index (χ3n) is 4.85. The molecule has 152 valence electrons. The highest BCUT2D eigenvalue weighted by Crippen LogP contribution is 2.32. The first-order chi connectivity index (χ1) is 14.4. The van der Waals surface area contributed by atoms with E-state index in [0.29, 0.717) is 22.1 Å². The molecule has 0 radical (unpaired) electrons. The number of furan rings is 1. The van der Waals surface area contributed by atoms with Gasteiger partial charge in [-0.15, -0.1) is 11.3 Å². The standard InChI is InChI=1S/C23H20N2O4S/c1-13-14(2)30-23(20(13)21(24)26)25-22(27)19-10-9-18(29-19)12-28-17-8-7-15-5-3-4-6-16(15)11-17/h3-11H,12H2,1-2H3,(H2,24,26)(H,25,27). The summed E-state index contributed by atoms with van der Waals surface area (Å²) in [6, 6.07) is 17.1. The first-order valence-electron chi connectivity index (χ1n) is 9.34. The number of anilines is 1. The molecule has 0 unspecified atom stereocenters. The molecule has 0 spiro atoms. The molecule has 2 heterocycles. The monoisotopic (exact) mass is 420 g/mol. The number of benzene rings is 2. The van der Waals surface area contributed by atoms with Crippen LogP contribution in [0.15, 0.2) is 59.0 Å². The number of carbonyl (C=O) groups excluding carboxylic acids is 2. The number of hydrogen-bond acceptors (Lipinski definition) is 5. The molecule has 0 aliphatic rings. The van der Waals surface area contributed by atoms with Crippen LogP contribution in [0.4, 0.5) is 5.00 Å². The van der Waals surface area contributed by atoms with Crippen molar-refractivity contribution in [2.45, 2.75) is 20.5 Å². The maximum absolute atomic E-state index is 12.6. The largest absolute Gasteiger partial charge is 0.486 e. The van der Waals surface area contributed by atoms with E-state index in [1.54, 1.807) is 19.1 Å². The molecule has 3 N–H and O–H groups in total. The zero-order chi connectivity index (χ0) is 21.3. The molecule has 0 saturated heterocycles. The summed E-state index contributed by atoms with van der Waals surface area (Å²) in [6.07, 6.45) is 0. The molecule has 0 aliphatic carbocycles. The fraction of sp³-hybridized carbons (Fsp3) is 0.130. The summed E-state index contributed by atoms with van der Waals surface area (Å²) in [5.74, 6) is 0.340. The number of thiophene rings is 1. The van der Waals surface area contributed by atoms with Crippen molar-refractivity contribution < 1.29 is 18.7 Å². The lowest BCUT2D eigenvalue weighted by Gasteiger charge is -2.06. The Hall–Kier alpha value is -3.58. The van der Waals surface area contributed by atoms with Gasteiger partial charge in [0.15, 0.2) is 5.76 Å². The zero-order valence-electron chi connectivity index (χ0n) is 16.5. The van der Waals surface area contributed by atoms with E-state index in [9.17, 15) is 9.59 Å². The van der Waals surface area contributed by atoms with E-state index in [1.165, 1.54) is 11.3 Å². The number of primary amides is 1. The van der Waals surface area contributed by atoms with E-state index in [1.807, 2.05) is 49.4 Å². The minimum atomic E-state index is -0.573. The van der Waals surface area contributed by atoms with Crippen LogP contribution in [-0.2, 0) is 6.61 Å². The van der Waals surface area contributed by atoms with Gasteiger partial charge in [0.1, 0.15) is 23.1 Å². The fourth-order valence-corrected chi connectivity index (χ4v) is 4.23. The summed E-state index contributed by atoms with van der Waals surface area (Å²) in [6.45, 7) is 3.86. The van der Waals surface area contributed by atoms with Gasteiger partial charge in [0, 0.05) is 4.88 Å². The van der Waals surface area contributed by atoms with Crippen molar-refractivity contribution in [3.63, 3.8) is 0 Å². The van der Waals surface area contributed by atoms with Crippen molar-refractivity contribution in [3.8, 4) is 5.75 Å². The lowest BCUT2D eigenvalue weighted by molar-refractivity contribution is 0.0993. The third kappa shape index (κ3) is 3.92. The number of rotatable bonds is 6. The summed E-state index contributed by atoms with van der Waals surface area (Å²) in [7, 11) is 0. The number of fused-ring (bicyclic) bond motifs is 1. The number of amides is 2.